The number of aryl methyl sites for hydroxylation is 1. The summed E-state index contributed by atoms with van der Waals surface area (Å²) in [5.41, 5.74) is 9.65. The molecular weight excluding hydrogens is 260 g/mol. The molecule has 4 nitrogen and oxygen atoms in total. The van der Waals surface area contributed by atoms with Gasteiger partial charge in [0.05, 0.1) is 5.54 Å². The van der Waals surface area contributed by atoms with E-state index in [0.717, 1.165) is 34.5 Å². The van der Waals surface area contributed by atoms with Crippen molar-refractivity contribution in [2.75, 3.05) is 5.73 Å². The molecule has 0 spiro atoms. The van der Waals surface area contributed by atoms with E-state index in [4.69, 9.17) is 5.73 Å². The van der Waals surface area contributed by atoms with Crippen molar-refractivity contribution in [3.05, 3.63) is 17.8 Å². The standard InChI is InChI=1S/C17H22N4/c1-10-2-14-15(19-9-10)21(16(18)20-14)17-6-11-3-12(7-17)5-13(4-11)8-17/h2,9,11-13H,3-8H2,1H3,(H2,18,20). The third kappa shape index (κ3) is 1.56. The van der Waals surface area contributed by atoms with Crippen LogP contribution in [0.4, 0.5) is 5.95 Å². The summed E-state index contributed by atoms with van der Waals surface area (Å²) in [6.07, 6.45) is 10.1. The maximum atomic E-state index is 6.34. The van der Waals surface area contributed by atoms with Crippen molar-refractivity contribution in [3.63, 3.8) is 0 Å². The van der Waals surface area contributed by atoms with Crippen LogP contribution in [0.15, 0.2) is 12.3 Å². The number of nitrogens with two attached hydrogens (primary N) is 1. The Kier molecular flexibility index (Phi) is 2.17. The molecule has 0 amide bonds. The normalized spacial score (nSPS) is 37.5. The summed E-state index contributed by atoms with van der Waals surface area (Å²) in [5.74, 6) is 3.38. The molecular formula is C17H22N4. The van der Waals surface area contributed by atoms with E-state index in [9.17, 15) is 0 Å². The molecule has 6 rings (SSSR count). The molecule has 0 radical (unpaired) electrons. The summed E-state index contributed by atoms with van der Waals surface area (Å²) >= 11 is 0. The number of hydrogen-bond acceptors (Lipinski definition) is 3. The lowest BCUT2D eigenvalue weighted by molar-refractivity contribution is -0.0401. The molecule has 0 saturated heterocycles. The van der Waals surface area contributed by atoms with E-state index in [2.05, 4.69) is 27.5 Å². The van der Waals surface area contributed by atoms with Crippen molar-refractivity contribution in [2.24, 2.45) is 17.8 Å². The highest BCUT2D eigenvalue weighted by atomic mass is 15.2. The molecule has 2 aromatic heterocycles. The molecule has 2 heterocycles. The highest BCUT2D eigenvalue weighted by Gasteiger charge is 2.53. The van der Waals surface area contributed by atoms with Crippen LogP contribution in [0.1, 0.15) is 44.1 Å². The fourth-order valence-electron chi connectivity index (χ4n) is 5.89. The van der Waals surface area contributed by atoms with Crippen molar-refractivity contribution < 1.29 is 0 Å². The molecule has 21 heavy (non-hydrogen) atoms. The number of aromatic nitrogens is 3. The van der Waals surface area contributed by atoms with Gasteiger partial charge >= 0.3 is 0 Å². The molecule has 4 saturated carbocycles. The lowest BCUT2D eigenvalue weighted by Gasteiger charge is -2.57. The van der Waals surface area contributed by atoms with Crippen molar-refractivity contribution in [2.45, 2.75) is 51.0 Å². The Bertz CT molecular complexity index is 694. The average molecular weight is 282 g/mol. The van der Waals surface area contributed by atoms with Gasteiger partial charge in [0.2, 0.25) is 5.95 Å². The Balaban J connectivity index is 1.72. The summed E-state index contributed by atoms with van der Waals surface area (Å²) < 4.78 is 2.31. The van der Waals surface area contributed by atoms with Gasteiger partial charge in [0.15, 0.2) is 5.65 Å². The van der Waals surface area contributed by atoms with E-state index in [-0.39, 0.29) is 5.54 Å². The Hall–Kier alpha value is -1.58. The van der Waals surface area contributed by atoms with Gasteiger partial charge in [0, 0.05) is 6.20 Å². The Morgan fingerprint density at radius 1 is 1.14 bits per heavy atom. The minimum Gasteiger partial charge on any atom is -0.369 e. The second-order valence-corrected chi connectivity index (χ2v) is 7.80. The highest BCUT2D eigenvalue weighted by molar-refractivity contribution is 5.75. The second kappa shape index (κ2) is 3.79. The molecule has 0 unspecified atom stereocenters. The van der Waals surface area contributed by atoms with Gasteiger partial charge in [-0.15, -0.1) is 0 Å². The number of nitrogens with zero attached hydrogens (tertiary/aromatic N) is 3. The Morgan fingerprint density at radius 2 is 1.76 bits per heavy atom. The van der Waals surface area contributed by atoms with Crippen molar-refractivity contribution in [1.82, 2.24) is 14.5 Å². The quantitative estimate of drug-likeness (QED) is 0.873. The number of pyridine rings is 1. The van der Waals surface area contributed by atoms with Gasteiger partial charge in [-0.1, -0.05) is 0 Å². The monoisotopic (exact) mass is 282 g/mol. The van der Waals surface area contributed by atoms with Crippen molar-refractivity contribution in [3.8, 4) is 0 Å². The summed E-state index contributed by atoms with van der Waals surface area (Å²) in [5, 5.41) is 0. The van der Waals surface area contributed by atoms with Gasteiger partial charge in [-0.25, -0.2) is 9.97 Å². The molecule has 4 aliphatic rings. The summed E-state index contributed by atoms with van der Waals surface area (Å²) in [6, 6.07) is 2.11. The number of fused-ring (bicyclic) bond motifs is 1. The Labute approximate surface area is 124 Å². The lowest BCUT2D eigenvalue weighted by atomic mass is 9.53. The summed E-state index contributed by atoms with van der Waals surface area (Å²) in [4.78, 5) is 9.29. The molecule has 4 fully saturated rings. The largest absolute Gasteiger partial charge is 0.369 e. The van der Waals surface area contributed by atoms with Crippen LogP contribution in [0.3, 0.4) is 0 Å². The van der Waals surface area contributed by atoms with E-state index < -0.39 is 0 Å². The number of hydrogen-bond donors (Lipinski definition) is 1. The SMILES string of the molecule is Cc1cnc2c(c1)nc(N)n2C12CC3CC(CC(C3)C1)C2. The fraction of sp³-hybridized carbons (Fsp3) is 0.647. The van der Waals surface area contributed by atoms with Crippen molar-refractivity contribution >= 4 is 17.1 Å². The fourth-order valence-corrected chi connectivity index (χ4v) is 5.89. The smallest absolute Gasteiger partial charge is 0.202 e. The van der Waals surface area contributed by atoms with Crippen LogP contribution < -0.4 is 5.73 Å². The molecule has 0 atom stereocenters. The number of rotatable bonds is 1. The molecule has 0 aliphatic heterocycles. The zero-order valence-corrected chi connectivity index (χ0v) is 12.5. The molecule has 4 aliphatic carbocycles. The first-order valence-corrected chi connectivity index (χ1v) is 8.24. The maximum Gasteiger partial charge on any atom is 0.202 e. The summed E-state index contributed by atoms with van der Waals surface area (Å²) in [7, 11) is 0. The van der Waals surface area contributed by atoms with Crippen LogP contribution in [0.5, 0.6) is 0 Å². The van der Waals surface area contributed by atoms with E-state index in [1.807, 2.05) is 6.20 Å². The third-order valence-corrected chi connectivity index (χ3v) is 6.14. The molecule has 0 aromatic carbocycles. The van der Waals surface area contributed by atoms with Crippen LogP contribution in [0.2, 0.25) is 0 Å². The molecule has 4 bridgehead atoms. The molecule has 110 valence electrons. The predicted molar refractivity (Wildman–Crippen MR) is 82.8 cm³/mol. The average Bonchev–Trinajstić information content (AvgIpc) is 2.72. The lowest BCUT2D eigenvalue weighted by Crippen LogP contribution is -2.52. The first-order valence-electron chi connectivity index (χ1n) is 8.24. The maximum absolute atomic E-state index is 6.34. The molecule has 4 heteroatoms. The molecule has 2 aromatic rings. The minimum atomic E-state index is 0.204. The van der Waals surface area contributed by atoms with Gasteiger partial charge < -0.3 is 5.73 Å². The zero-order valence-electron chi connectivity index (χ0n) is 12.5. The van der Waals surface area contributed by atoms with Gasteiger partial charge in [-0.3, -0.25) is 4.57 Å². The van der Waals surface area contributed by atoms with Gasteiger partial charge in [0.1, 0.15) is 5.52 Å². The van der Waals surface area contributed by atoms with E-state index >= 15 is 0 Å². The number of imidazole rings is 1. The van der Waals surface area contributed by atoms with Crippen LogP contribution in [-0.2, 0) is 5.54 Å². The van der Waals surface area contributed by atoms with Crippen LogP contribution >= 0.6 is 0 Å². The second-order valence-electron chi connectivity index (χ2n) is 7.80. The highest BCUT2D eigenvalue weighted by Crippen LogP contribution is 2.59. The van der Waals surface area contributed by atoms with Gasteiger partial charge in [-0.2, -0.15) is 0 Å². The van der Waals surface area contributed by atoms with Crippen LogP contribution in [0.25, 0.3) is 11.2 Å². The van der Waals surface area contributed by atoms with Crippen LogP contribution in [0, 0.1) is 24.7 Å². The van der Waals surface area contributed by atoms with E-state index in [1.54, 1.807) is 0 Å². The predicted octanol–water partition coefficient (Wildman–Crippen LogP) is 3.25. The first-order chi connectivity index (χ1) is 10.1. The first kappa shape index (κ1) is 12.0. The summed E-state index contributed by atoms with van der Waals surface area (Å²) in [6.45, 7) is 2.06. The number of nitrogen functional groups attached to an aromatic ring is 1. The zero-order chi connectivity index (χ0) is 14.2. The van der Waals surface area contributed by atoms with E-state index in [1.165, 1.54) is 38.5 Å². The van der Waals surface area contributed by atoms with Crippen molar-refractivity contribution in [1.29, 1.82) is 0 Å². The Morgan fingerprint density at radius 3 is 2.38 bits per heavy atom. The van der Waals surface area contributed by atoms with Crippen LogP contribution in [-0.4, -0.2) is 14.5 Å². The number of anilines is 1. The van der Waals surface area contributed by atoms with Gasteiger partial charge in [-0.05, 0) is 74.8 Å². The topological polar surface area (TPSA) is 56.7 Å². The molecule has 2 N–H and O–H groups in total. The minimum absolute atomic E-state index is 0.204. The van der Waals surface area contributed by atoms with E-state index in [0.29, 0.717) is 5.95 Å². The third-order valence-electron chi connectivity index (χ3n) is 6.14. The van der Waals surface area contributed by atoms with Gasteiger partial charge in [0.25, 0.3) is 0 Å².